The number of benzene rings is 4. The molecule has 0 radical (unpaired) electrons. The number of anilines is 1. The average Bonchev–Trinajstić information content (AvgIpc) is 3.92. The van der Waals surface area contributed by atoms with Gasteiger partial charge in [0.2, 0.25) is 11.9 Å². The first-order valence-electron chi connectivity index (χ1n) is 19.6. The predicted octanol–water partition coefficient (Wildman–Crippen LogP) is 10.3. The molecule has 6 heteroatoms. The van der Waals surface area contributed by atoms with Crippen LogP contribution >= 0.6 is 0 Å². The number of hydrogen-bond donors (Lipinski definition) is 3. The van der Waals surface area contributed by atoms with Crippen LogP contribution in [0, 0.1) is 33.5 Å². The fourth-order valence-electron chi connectivity index (χ4n) is 11.8. The van der Waals surface area contributed by atoms with Gasteiger partial charge in [0.25, 0.3) is 0 Å². The first-order valence-corrected chi connectivity index (χ1v) is 19.6. The maximum atomic E-state index is 7.04. The number of nitrogens with zero attached hydrogens (tertiary/aromatic N) is 3. The van der Waals surface area contributed by atoms with Crippen molar-refractivity contribution in [2.75, 3.05) is 5.01 Å². The molecule has 10 rings (SSSR count). The van der Waals surface area contributed by atoms with Crippen LogP contribution in [0.2, 0.25) is 0 Å². The summed E-state index contributed by atoms with van der Waals surface area (Å²) in [6.45, 7) is 15.0. The molecule has 4 bridgehead atoms. The Balaban J connectivity index is 1.13. The number of guanidine groups is 2. The summed E-state index contributed by atoms with van der Waals surface area (Å²) >= 11 is 0. The number of fused-ring (bicyclic) bond motifs is 4. The molecular formula is C46H52N6. The number of nitrogens with one attached hydrogen (secondary N) is 2. The van der Waals surface area contributed by atoms with Crippen LogP contribution in [0.15, 0.2) is 70.6 Å². The van der Waals surface area contributed by atoms with Crippen molar-refractivity contribution in [3.63, 3.8) is 0 Å². The SMILES string of the molecule is CC1(C)C2CCC1(C)C(N=C(NC1CC3CCC1(C)C3(C)C)N(NC(N)=Nc1ccc3c4c(cccc14)C=C3)c1ccc3c4c(cccc14)C=C3)C2. The van der Waals surface area contributed by atoms with E-state index in [2.05, 4.69) is 142 Å². The van der Waals surface area contributed by atoms with Crippen molar-refractivity contribution in [3.05, 3.63) is 82.9 Å². The summed E-state index contributed by atoms with van der Waals surface area (Å²) < 4.78 is 0. The maximum Gasteiger partial charge on any atom is 0.218 e. The normalized spacial score (nSPS) is 31.4. The van der Waals surface area contributed by atoms with E-state index in [1.165, 1.54) is 64.1 Å². The smallest absolute Gasteiger partial charge is 0.218 e. The Morgan fingerprint density at radius 2 is 1.27 bits per heavy atom. The first-order chi connectivity index (χ1) is 24.9. The molecule has 6 unspecified atom stereocenters. The topological polar surface area (TPSA) is 78.0 Å². The zero-order valence-corrected chi connectivity index (χ0v) is 31.6. The highest BCUT2D eigenvalue weighted by atomic mass is 15.6. The summed E-state index contributed by atoms with van der Waals surface area (Å²) in [7, 11) is 0. The van der Waals surface area contributed by atoms with E-state index in [9.17, 15) is 0 Å². The zero-order chi connectivity index (χ0) is 35.8. The van der Waals surface area contributed by atoms with E-state index < -0.39 is 0 Å². The van der Waals surface area contributed by atoms with Crippen LogP contribution in [0.4, 0.5) is 11.4 Å². The zero-order valence-electron chi connectivity index (χ0n) is 31.6. The molecule has 4 aromatic carbocycles. The second-order valence-corrected chi connectivity index (χ2v) is 18.4. The van der Waals surface area contributed by atoms with Gasteiger partial charge in [-0.3, -0.25) is 5.43 Å². The average molecular weight is 689 g/mol. The van der Waals surface area contributed by atoms with Crippen LogP contribution in [0.5, 0.6) is 0 Å². The molecule has 4 fully saturated rings. The predicted molar refractivity (Wildman–Crippen MR) is 219 cm³/mol. The molecule has 0 spiro atoms. The van der Waals surface area contributed by atoms with E-state index in [0.29, 0.717) is 23.8 Å². The van der Waals surface area contributed by atoms with Gasteiger partial charge in [0.05, 0.1) is 17.4 Å². The third-order valence-corrected chi connectivity index (χ3v) is 16.1. The fourth-order valence-corrected chi connectivity index (χ4v) is 11.8. The van der Waals surface area contributed by atoms with Gasteiger partial charge in [0, 0.05) is 16.8 Å². The number of hydrazine groups is 1. The fraction of sp³-hybridized carbons (Fsp3) is 0.435. The Labute approximate surface area is 308 Å². The van der Waals surface area contributed by atoms with E-state index in [0.717, 1.165) is 35.6 Å². The van der Waals surface area contributed by atoms with E-state index >= 15 is 0 Å². The quantitative estimate of drug-likeness (QED) is 0.0979. The summed E-state index contributed by atoms with van der Waals surface area (Å²) in [5, 5.41) is 11.1. The molecule has 4 aromatic rings. The van der Waals surface area contributed by atoms with Crippen LogP contribution in [0.1, 0.15) is 102 Å². The molecule has 6 nitrogen and oxygen atoms in total. The Morgan fingerprint density at radius 3 is 1.87 bits per heavy atom. The molecule has 0 aromatic heterocycles. The lowest BCUT2D eigenvalue weighted by Gasteiger charge is -2.42. The van der Waals surface area contributed by atoms with E-state index in [1.54, 1.807) is 0 Å². The van der Waals surface area contributed by atoms with Crippen LogP contribution < -0.4 is 21.5 Å². The lowest BCUT2D eigenvalue weighted by molar-refractivity contribution is 0.127. The van der Waals surface area contributed by atoms with E-state index in [4.69, 9.17) is 15.7 Å². The second kappa shape index (κ2) is 10.7. The summed E-state index contributed by atoms with van der Waals surface area (Å²) in [6.07, 6.45) is 16.1. The van der Waals surface area contributed by atoms with Crippen molar-refractivity contribution >= 4 is 69.1 Å². The van der Waals surface area contributed by atoms with Gasteiger partial charge in [-0.25, -0.2) is 15.0 Å². The van der Waals surface area contributed by atoms with Gasteiger partial charge in [0.1, 0.15) is 0 Å². The Bertz CT molecular complexity index is 2280. The number of aliphatic imine (C=N–C) groups is 2. The number of hydrogen-bond acceptors (Lipinski definition) is 2. The largest absolute Gasteiger partial charge is 0.368 e. The first kappa shape index (κ1) is 32.1. The summed E-state index contributed by atoms with van der Waals surface area (Å²) in [6, 6.07) is 22.3. The lowest BCUT2D eigenvalue weighted by atomic mass is 9.69. The molecule has 0 saturated heterocycles. The molecule has 4 saturated carbocycles. The van der Waals surface area contributed by atoms with Crippen molar-refractivity contribution in [3.8, 4) is 0 Å². The van der Waals surface area contributed by atoms with E-state index in [-0.39, 0.29) is 27.7 Å². The third kappa shape index (κ3) is 4.24. The van der Waals surface area contributed by atoms with Gasteiger partial charge in [-0.1, -0.05) is 114 Å². The van der Waals surface area contributed by atoms with Crippen molar-refractivity contribution in [2.24, 2.45) is 49.2 Å². The van der Waals surface area contributed by atoms with Crippen LogP contribution in [0.25, 0.3) is 45.8 Å². The van der Waals surface area contributed by atoms with Gasteiger partial charge in [0.15, 0.2) is 0 Å². The minimum absolute atomic E-state index is 0.123. The Hall–Kier alpha value is -4.58. The van der Waals surface area contributed by atoms with Crippen molar-refractivity contribution < 1.29 is 0 Å². The number of nitrogens with two attached hydrogens (primary N) is 1. The third-order valence-electron chi connectivity index (χ3n) is 16.1. The highest BCUT2D eigenvalue weighted by Gasteiger charge is 2.63. The summed E-state index contributed by atoms with van der Waals surface area (Å²) in [4.78, 5) is 11.0. The summed E-state index contributed by atoms with van der Waals surface area (Å²) in [5.41, 5.74) is 18.3. The van der Waals surface area contributed by atoms with Gasteiger partial charge >= 0.3 is 0 Å². The maximum absolute atomic E-state index is 7.04. The standard InChI is InChI=1S/C46H52N6/c1-43(2)31-21-23-45(43,5)37(25-31)49-42(50-38-26-32-22-24-46(38,6)44(32,3)4)52(36-20-18-30-16-14-28-10-8-12-34(36)40(28)30)51-41(47)48-35-19-17-29-15-13-27-9-7-11-33(35)39(27)29/h7-20,31-32,37-38H,21-26H2,1-6H3,(H,49,50)(H3,47,48,51). The summed E-state index contributed by atoms with van der Waals surface area (Å²) in [5.74, 6) is 2.57. The minimum atomic E-state index is 0.123. The highest BCUT2D eigenvalue weighted by Crippen LogP contribution is 2.67. The molecular weight excluding hydrogens is 637 g/mol. The van der Waals surface area contributed by atoms with E-state index in [1.807, 2.05) is 0 Å². The monoisotopic (exact) mass is 688 g/mol. The molecule has 0 amide bonds. The van der Waals surface area contributed by atoms with Crippen molar-refractivity contribution in [1.82, 2.24) is 10.7 Å². The highest BCUT2D eigenvalue weighted by molar-refractivity contribution is 6.14. The Kier molecular flexibility index (Phi) is 6.63. The molecule has 4 N–H and O–H groups in total. The van der Waals surface area contributed by atoms with Gasteiger partial charge in [-0.15, -0.1) is 0 Å². The van der Waals surface area contributed by atoms with Gasteiger partial charge in [-0.05, 0) is 117 Å². The molecule has 0 heterocycles. The molecule has 6 aliphatic carbocycles. The van der Waals surface area contributed by atoms with Crippen LogP contribution in [-0.4, -0.2) is 24.0 Å². The molecule has 6 aliphatic rings. The lowest BCUT2D eigenvalue weighted by Crippen LogP contribution is -2.59. The minimum Gasteiger partial charge on any atom is -0.368 e. The second-order valence-electron chi connectivity index (χ2n) is 18.4. The van der Waals surface area contributed by atoms with Crippen molar-refractivity contribution in [2.45, 2.75) is 92.2 Å². The molecule has 266 valence electrons. The van der Waals surface area contributed by atoms with Gasteiger partial charge < -0.3 is 11.1 Å². The molecule has 0 aliphatic heterocycles. The van der Waals surface area contributed by atoms with Crippen LogP contribution in [0.3, 0.4) is 0 Å². The number of rotatable bonds is 4. The molecule has 52 heavy (non-hydrogen) atoms. The van der Waals surface area contributed by atoms with Crippen molar-refractivity contribution in [1.29, 1.82) is 0 Å². The molecule has 6 atom stereocenters. The Morgan fingerprint density at radius 1 is 0.692 bits per heavy atom. The van der Waals surface area contributed by atoms with Gasteiger partial charge in [-0.2, -0.15) is 0 Å². The van der Waals surface area contributed by atoms with Crippen LogP contribution in [-0.2, 0) is 0 Å².